The molecule has 24 heavy (non-hydrogen) atoms. The van der Waals surface area contributed by atoms with Crippen LogP contribution in [0.4, 0.5) is 5.95 Å². The first-order valence-corrected chi connectivity index (χ1v) is 8.88. The van der Waals surface area contributed by atoms with Gasteiger partial charge in [-0.25, -0.2) is 9.97 Å². The fraction of sp³-hybridized carbons (Fsp3) is 0.588. The smallest absolute Gasteiger partial charge is 0.229 e. The number of aliphatic hydroxyl groups is 1. The maximum Gasteiger partial charge on any atom is 0.229 e. The summed E-state index contributed by atoms with van der Waals surface area (Å²) in [7, 11) is 0. The molecule has 0 aromatic carbocycles. The van der Waals surface area contributed by atoms with E-state index >= 15 is 0 Å². The maximum absolute atomic E-state index is 12.4. The minimum absolute atomic E-state index is 0.0831. The number of fused-ring (bicyclic) bond motifs is 1. The minimum atomic E-state index is -0.945. The molecule has 2 saturated carbocycles. The van der Waals surface area contributed by atoms with Crippen molar-refractivity contribution in [1.29, 1.82) is 0 Å². The molecular formula is C17H21ClN4O2. The fourth-order valence-electron chi connectivity index (χ4n) is 3.37. The Labute approximate surface area is 145 Å². The first-order valence-electron chi connectivity index (χ1n) is 8.51. The Morgan fingerprint density at radius 1 is 1.38 bits per heavy atom. The van der Waals surface area contributed by atoms with Gasteiger partial charge in [0.25, 0.3) is 0 Å². The maximum atomic E-state index is 12.4. The van der Waals surface area contributed by atoms with Crippen molar-refractivity contribution < 1.29 is 9.90 Å². The van der Waals surface area contributed by atoms with E-state index in [1.807, 2.05) is 10.6 Å². The summed E-state index contributed by atoms with van der Waals surface area (Å²) in [6.07, 6.45) is 5.31. The first-order chi connectivity index (χ1) is 11.4. The van der Waals surface area contributed by atoms with Crippen LogP contribution in [0.15, 0.2) is 12.1 Å². The quantitative estimate of drug-likeness (QED) is 0.812. The predicted molar refractivity (Wildman–Crippen MR) is 92.0 cm³/mol. The summed E-state index contributed by atoms with van der Waals surface area (Å²) < 4.78 is 1.98. The highest BCUT2D eigenvalue weighted by Crippen LogP contribution is 2.41. The highest BCUT2D eigenvalue weighted by atomic mass is 35.5. The van der Waals surface area contributed by atoms with E-state index in [0.717, 1.165) is 37.6 Å². The third-order valence-corrected chi connectivity index (χ3v) is 5.38. The number of amides is 1. The van der Waals surface area contributed by atoms with E-state index < -0.39 is 5.60 Å². The molecule has 4 rings (SSSR count). The molecule has 2 fully saturated rings. The van der Waals surface area contributed by atoms with E-state index in [1.165, 1.54) is 0 Å². The van der Waals surface area contributed by atoms with E-state index in [-0.39, 0.29) is 18.2 Å². The van der Waals surface area contributed by atoms with Gasteiger partial charge in [-0.05, 0) is 57.1 Å². The molecule has 0 saturated heterocycles. The zero-order chi connectivity index (χ0) is 16.9. The SMILES string of the molecule is CC(O)(CC(=O)Nc1nc2ccc(Cl)nc2n1C1CCC1)C1CC1. The van der Waals surface area contributed by atoms with Crippen molar-refractivity contribution >= 4 is 34.6 Å². The fourth-order valence-corrected chi connectivity index (χ4v) is 3.52. The van der Waals surface area contributed by atoms with Gasteiger partial charge >= 0.3 is 0 Å². The lowest BCUT2D eigenvalue weighted by atomic mass is 9.93. The van der Waals surface area contributed by atoms with Crippen molar-refractivity contribution in [1.82, 2.24) is 14.5 Å². The van der Waals surface area contributed by atoms with Crippen molar-refractivity contribution in [3.05, 3.63) is 17.3 Å². The Hall–Kier alpha value is -1.66. The van der Waals surface area contributed by atoms with Gasteiger partial charge in [0.2, 0.25) is 11.9 Å². The largest absolute Gasteiger partial charge is 0.389 e. The van der Waals surface area contributed by atoms with Gasteiger partial charge in [-0.1, -0.05) is 11.6 Å². The number of nitrogens with zero attached hydrogens (tertiary/aromatic N) is 3. The lowest BCUT2D eigenvalue weighted by molar-refractivity contribution is -0.121. The lowest BCUT2D eigenvalue weighted by Gasteiger charge is -2.29. The summed E-state index contributed by atoms with van der Waals surface area (Å²) in [5.41, 5.74) is 0.478. The van der Waals surface area contributed by atoms with Crippen LogP contribution in [0.3, 0.4) is 0 Å². The van der Waals surface area contributed by atoms with Gasteiger partial charge in [-0.2, -0.15) is 0 Å². The van der Waals surface area contributed by atoms with Crippen LogP contribution >= 0.6 is 11.6 Å². The molecule has 128 valence electrons. The molecule has 0 radical (unpaired) electrons. The summed E-state index contributed by atoms with van der Waals surface area (Å²) in [5, 5.41) is 13.7. The number of carbonyl (C=O) groups is 1. The van der Waals surface area contributed by atoms with Gasteiger partial charge in [-0.15, -0.1) is 0 Å². The number of rotatable bonds is 5. The average Bonchev–Trinajstić information content (AvgIpc) is 3.24. The van der Waals surface area contributed by atoms with E-state index in [9.17, 15) is 9.90 Å². The van der Waals surface area contributed by atoms with Gasteiger partial charge in [0.1, 0.15) is 10.7 Å². The molecule has 1 unspecified atom stereocenters. The van der Waals surface area contributed by atoms with Crippen LogP contribution in [0.2, 0.25) is 5.15 Å². The summed E-state index contributed by atoms with van der Waals surface area (Å²) >= 11 is 6.03. The van der Waals surface area contributed by atoms with Crippen molar-refractivity contribution in [2.24, 2.45) is 5.92 Å². The number of carbonyl (C=O) groups excluding carboxylic acids is 1. The normalized spacial score (nSPS) is 20.6. The molecule has 6 nitrogen and oxygen atoms in total. The number of hydrogen-bond donors (Lipinski definition) is 2. The zero-order valence-corrected chi connectivity index (χ0v) is 14.4. The number of hydrogen-bond acceptors (Lipinski definition) is 4. The van der Waals surface area contributed by atoms with Gasteiger partial charge < -0.3 is 5.11 Å². The van der Waals surface area contributed by atoms with Crippen LogP contribution in [0, 0.1) is 5.92 Å². The number of nitrogens with one attached hydrogen (secondary N) is 1. The number of pyridine rings is 1. The highest BCUT2D eigenvalue weighted by Gasteiger charge is 2.41. The molecule has 1 atom stereocenters. The molecule has 2 N–H and O–H groups in total. The van der Waals surface area contributed by atoms with Crippen LogP contribution in [-0.4, -0.2) is 31.1 Å². The average molecular weight is 349 g/mol. The Kier molecular flexibility index (Phi) is 3.77. The molecule has 2 aromatic heterocycles. The van der Waals surface area contributed by atoms with Crippen molar-refractivity contribution in [3.8, 4) is 0 Å². The molecule has 1 amide bonds. The van der Waals surface area contributed by atoms with E-state index in [0.29, 0.717) is 22.8 Å². The van der Waals surface area contributed by atoms with Crippen molar-refractivity contribution in [2.45, 2.75) is 57.1 Å². The zero-order valence-electron chi connectivity index (χ0n) is 13.6. The number of imidazole rings is 1. The second-order valence-corrected chi connectivity index (χ2v) is 7.61. The van der Waals surface area contributed by atoms with Crippen molar-refractivity contribution in [2.75, 3.05) is 5.32 Å². The molecule has 7 heteroatoms. The van der Waals surface area contributed by atoms with E-state index in [2.05, 4.69) is 15.3 Å². The molecule has 2 aliphatic carbocycles. The van der Waals surface area contributed by atoms with Gasteiger partial charge in [0, 0.05) is 6.04 Å². The molecule has 0 bridgehead atoms. The highest BCUT2D eigenvalue weighted by molar-refractivity contribution is 6.29. The van der Waals surface area contributed by atoms with Crippen LogP contribution in [-0.2, 0) is 4.79 Å². The summed E-state index contributed by atoms with van der Waals surface area (Å²) in [4.78, 5) is 21.3. The van der Waals surface area contributed by atoms with E-state index in [4.69, 9.17) is 11.6 Å². The molecule has 2 aromatic rings. The summed E-state index contributed by atoms with van der Waals surface area (Å²) in [5.74, 6) is 0.518. The Morgan fingerprint density at radius 2 is 2.12 bits per heavy atom. The predicted octanol–water partition coefficient (Wildman–Crippen LogP) is 3.30. The van der Waals surface area contributed by atoms with Gasteiger partial charge in [-0.3, -0.25) is 14.7 Å². The van der Waals surface area contributed by atoms with E-state index in [1.54, 1.807) is 13.0 Å². The Morgan fingerprint density at radius 3 is 2.75 bits per heavy atom. The Bertz CT molecular complexity index is 793. The molecule has 2 aliphatic rings. The monoisotopic (exact) mass is 348 g/mol. The van der Waals surface area contributed by atoms with Crippen LogP contribution in [0.5, 0.6) is 0 Å². The van der Waals surface area contributed by atoms with Crippen molar-refractivity contribution in [3.63, 3.8) is 0 Å². The van der Waals surface area contributed by atoms with Crippen LogP contribution in [0.1, 0.15) is 51.5 Å². The summed E-state index contributed by atoms with van der Waals surface area (Å²) in [6.45, 7) is 1.74. The number of anilines is 1. The number of halogens is 1. The summed E-state index contributed by atoms with van der Waals surface area (Å²) in [6, 6.07) is 3.81. The minimum Gasteiger partial charge on any atom is -0.389 e. The first kappa shape index (κ1) is 15.8. The second-order valence-electron chi connectivity index (χ2n) is 7.22. The Balaban J connectivity index is 1.62. The number of aromatic nitrogens is 3. The molecule has 0 spiro atoms. The van der Waals surface area contributed by atoms with Gasteiger partial charge in [0.15, 0.2) is 5.65 Å². The second kappa shape index (κ2) is 5.70. The third kappa shape index (κ3) is 2.89. The topological polar surface area (TPSA) is 80.0 Å². The third-order valence-electron chi connectivity index (χ3n) is 5.17. The lowest BCUT2D eigenvalue weighted by Crippen LogP contribution is -2.33. The van der Waals surface area contributed by atoms with Crippen LogP contribution < -0.4 is 5.32 Å². The standard InChI is InChI=1S/C17H21ClN4O2/c1-17(24,10-5-6-10)9-14(23)21-16-19-12-7-8-13(18)20-15(12)22(16)11-3-2-4-11/h7-8,10-11,24H,2-6,9H2,1H3,(H,19,21,23). The molecule has 2 heterocycles. The molecule has 0 aliphatic heterocycles. The van der Waals surface area contributed by atoms with Crippen LogP contribution in [0.25, 0.3) is 11.2 Å². The molecular weight excluding hydrogens is 328 g/mol. The van der Waals surface area contributed by atoms with Gasteiger partial charge in [0.05, 0.1) is 12.0 Å².